The van der Waals surface area contributed by atoms with Gasteiger partial charge >= 0.3 is 0 Å². The van der Waals surface area contributed by atoms with Crippen molar-refractivity contribution < 1.29 is 8.42 Å². The van der Waals surface area contributed by atoms with E-state index in [1.807, 2.05) is 19.2 Å². The van der Waals surface area contributed by atoms with E-state index in [1.165, 1.54) is 6.33 Å². The first kappa shape index (κ1) is 16.4. The Balaban J connectivity index is 1.78. The summed E-state index contributed by atoms with van der Waals surface area (Å²) < 4.78 is 26.0. The van der Waals surface area contributed by atoms with E-state index in [4.69, 9.17) is 0 Å². The Bertz CT molecular complexity index is 966. The third kappa shape index (κ3) is 3.09. The van der Waals surface area contributed by atoms with Crippen LogP contribution in [0.15, 0.2) is 41.7 Å². The van der Waals surface area contributed by atoms with Gasteiger partial charge in [-0.2, -0.15) is 5.10 Å². The van der Waals surface area contributed by atoms with E-state index in [0.717, 1.165) is 16.6 Å². The van der Waals surface area contributed by atoms with Crippen molar-refractivity contribution in [3.05, 3.63) is 42.4 Å². The number of sulfone groups is 1. The molecule has 3 rings (SSSR count). The lowest BCUT2D eigenvalue weighted by atomic mass is 10.1. The topological polar surface area (TPSA) is 89.8 Å². The smallest absolute Gasteiger partial charge is 0.178 e. The molecule has 0 fully saturated rings. The van der Waals surface area contributed by atoms with Gasteiger partial charge in [0.1, 0.15) is 12.1 Å². The van der Waals surface area contributed by atoms with Crippen molar-refractivity contribution >= 4 is 26.7 Å². The molecule has 2 aromatic heterocycles. The molecule has 1 aromatic carbocycles. The lowest BCUT2D eigenvalue weighted by Crippen LogP contribution is -2.11. The average Bonchev–Trinajstić information content (AvgIpc) is 2.97. The first-order valence-corrected chi connectivity index (χ1v) is 9.35. The second-order valence-corrected chi connectivity index (χ2v) is 7.66. The highest BCUT2D eigenvalue weighted by atomic mass is 32.2. The Labute approximate surface area is 140 Å². The van der Waals surface area contributed by atoms with E-state index < -0.39 is 9.84 Å². The number of rotatable bonds is 6. The van der Waals surface area contributed by atoms with Gasteiger partial charge in [-0.05, 0) is 18.1 Å². The molecule has 3 aromatic rings. The molecule has 24 heavy (non-hydrogen) atoms. The highest BCUT2D eigenvalue weighted by Crippen LogP contribution is 2.20. The molecule has 0 radical (unpaired) electrons. The molecule has 0 spiro atoms. The van der Waals surface area contributed by atoms with Gasteiger partial charge in [0.05, 0.1) is 22.2 Å². The number of nitrogens with one attached hydrogen (secondary N) is 1. The summed E-state index contributed by atoms with van der Waals surface area (Å²) in [6.07, 6.45) is 3.79. The first-order chi connectivity index (χ1) is 11.5. The van der Waals surface area contributed by atoms with Gasteiger partial charge in [-0.25, -0.2) is 18.4 Å². The maximum Gasteiger partial charge on any atom is 0.178 e. The van der Waals surface area contributed by atoms with Crippen LogP contribution in [0.3, 0.4) is 0 Å². The van der Waals surface area contributed by atoms with Crippen LogP contribution in [0.2, 0.25) is 0 Å². The Hall–Kier alpha value is -2.48. The van der Waals surface area contributed by atoms with E-state index in [2.05, 4.69) is 20.4 Å². The summed E-state index contributed by atoms with van der Waals surface area (Å²) in [6.45, 7) is 2.22. The zero-order chi connectivity index (χ0) is 17.2. The highest BCUT2D eigenvalue weighted by molar-refractivity contribution is 7.91. The number of aryl methyl sites for hydroxylation is 1. The van der Waals surface area contributed by atoms with Gasteiger partial charge in [-0.3, -0.25) is 4.68 Å². The van der Waals surface area contributed by atoms with Crippen LogP contribution in [-0.2, 0) is 23.3 Å². The number of anilines is 1. The van der Waals surface area contributed by atoms with Gasteiger partial charge in [-0.15, -0.1) is 0 Å². The maximum absolute atomic E-state index is 12.2. The molecule has 0 amide bonds. The maximum atomic E-state index is 12.2. The molecule has 0 unspecified atom stereocenters. The Morgan fingerprint density at radius 2 is 2.00 bits per heavy atom. The van der Waals surface area contributed by atoms with Crippen molar-refractivity contribution in [3.63, 3.8) is 0 Å². The molecule has 0 saturated carbocycles. The van der Waals surface area contributed by atoms with Crippen molar-refractivity contribution in [2.75, 3.05) is 17.6 Å². The van der Waals surface area contributed by atoms with Gasteiger partial charge in [0.2, 0.25) is 0 Å². The average molecular weight is 345 g/mol. The van der Waals surface area contributed by atoms with E-state index in [1.54, 1.807) is 29.9 Å². The minimum atomic E-state index is -3.22. The zero-order valence-electron chi connectivity index (χ0n) is 13.6. The Morgan fingerprint density at radius 1 is 1.21 bits per heavy atom. The normalized spacial score (nSPS) is 11.8. The third-order valence-corrected chi connectivity index (χ3v) is 5.73. The lowest BCUT2D eigenvalue weighted by molar-refractivity contribution is 0.596. The summed E-state index contributed by atoms with van der Waals surface area (Å²) in [7, 11) is -1.40. The molecule has 126 valence electrons. The molecule has 0 bridgehead atoms. The van der Waals surface area contributed by atoms with E-state index in [0.29, 0.717) is 23.7 Å². The number of aromatic nitrogens is 4. The minimum Gasteiger partial charge on any atom is -0.369 e. The van der Waals surface area contributed by atoms with Crippen molar-refractivity contribution in [1.82, 2.24) is 19.7 Å². The second kappa shape index (κ2) is 6.56. The van der Waals surface area contributed by atoms with Gasteiger partial charge in [-0.1, -0.05) is 25.1 Å². The molecule has 2 heterocycles. The van der Waals surface area contributed by atoms with Crippen LogP contribution in [0.1, 0.15) is 12.5 Å². The summed E-state index contributed by atoms with van der Waals surface area (Å²) in [5.74, 6) is 0.795. The number of hydrogen-bond donors (Lipinski definition) is 1. The molecular formula is C16H19N5O2S. The predicted octanol–water partition coefficient (Wildman–Crippen LogP) is 1.81. The predicted molar refractivity (Wildman–Crippen MR) is 92.7 cm³/mol. The summed E-state index contributed by atoms with van der Waals surface area (Å²) in [6, 6.07) is 7.12. The molecule has 0 atom stereocenters. The minimum absolute atomic E-state index is 0.0969. The van der Waals surface area contributed by atoms with Gasteiger partial charge in [0, 0.05) is 13.6 Å². The molecule has 1 N–H and O–H groups in total. The quantitative estimate of drug-likeness (QED) is 0.733. The fourth-order valence-corrected chi connectivity index (χ4v) is 3.75. The molecule has 0 aliphatic heterocycles. The number of nitrogens with zero attached hydrogens (tertiary/aromatic N) is 4. The Kier molecular flexibility index (Phi) is 4.48. The monoisotopic (exact) mass is 345 g/mol. The van der Waals surface area contributed by atoms with Crippen LogP contribution in [0.4, 0.5) is 5.82 Å². The van der Waals surface area contributed by atoms with Crippen LogP contribution in [0.25, 0.3) is 11.0 Å². The SMILES string of the molecule is CCS(=O)(=O)c1ccccc1CCNc1ncnc2c1cnn2C. The van der Waals surface area contributed by atoms with Crippen molar-refractivity contribution in [1.29, 1.82) is 0 Å². The van der Waals surface area contributed by atoms with Crippen LogP contribution >= 0.6 is 0 Å². The van der Waals surface area contributed by atoms with Crippen molar-refractivity contribution in [2.45, 2.75) is 18.2 Å². The van der Waals surface area contributed by atoms with Crippen molar-refractivity contribution in [3.8, 4) is 0 Å². The number of fused-ring (bicyclic) bond motifs is 1. The molecule has 0 aliphatic carbocycles. The molecular weight excluding hydrogens is 326 g/mol. The second-order valence-electron chi connectivity index (χ2n) is 5.42. The van der Waals surface area contributed by atoms with Gasteiger partial charge in [0.25, 0.3) is 0 Å². The van der Waals surface area contributed by atoms with Crippen LogP contribution in [0, 0.1) is 0 Å². The molecule has 7 nitrogen and oxygen atoms in total. The van der Waals surface area contributed by atoms with E-state index in [-0.39, 0.29) is 5.75 Å². The number of benzene rings is 1. The van der Waals surface area contributed by atoms with Crippen LogP contribution in [-0.4, -0.2) is 40.5 Å². The van der Waals surface area contributed by atoms with E-state index in [9.17, 15) is 8.42 Å². The first-order valence-electron chi connectivity index (χ1n) is 7.70. The zero-order valence-corrected chi connectivity index (χ0v) is 14.4. The molecule has 0 aliphatic rings. The fraction of sp³-hybridized carbons (Fsp3) is 0.312. The van der Waals surface area contributed by atoms with Crippen LogP contribution in [0.5, 0.6) is 0 Å². The molecule has 0 saturated heterocycles. The third-order valence-electron chi connectivity index (χ3n) is 3.90. The molecule has 8 heteroatoms. The Morgan fingerprint density at radius 3 is 2.79 bits per heavy atom. The lowest BCUT2D eigenvalue weighted by Gasteiger charge is -2.10. The van der Waals surface area contributed by atoms with Gasteiger partial charge < -0.3 is 5.32 Å². The summed E-state index contributed by atoms with van der Waals surface area (Å²) >= 11 is 0. The standard InChI is InChI=1S/C16H19N5O2S/c1-3-24(22,23)14-7-5-4-6-12(14)8-9-17-15-13-10-20-21(2)16(13)19-11-18-15/h4-7,10-11H,3,8-9H2,1-2H3,(H,17,18,19). The number of hydrogen-bond acceptors (Lipinski definition) is 6. The summed E-state index contributed by atoms with van der Waals surface area (Å²) in [4.78, 5) is 8.85. The van der Waals surface area contributed by atoms with Crippen molar-refractivity contribution in [2.24, 2.45) is 7.05 Å². The summed E-state index contributed by atoms with van der Waals surface area (Å²) in [5, 5.41) is 8.26. The van der Waals surface area contributed by atoms with Gasteiger partial charge in [0.15, 0.2) is 15.5 Å². The highest BCUT2D eigenvalue weighted by Gasteiger charge is 2.15. The van der Waals surface area contributed by atoms with E-state index >= 15 is 0 Å². The van der Waals surface area contributed by atoms with Crippen LogP contribution < -0.4 is 5.32 Å². The summed E-state index contributed by atoms with van der Waals surface area (Å²) in [5.41, 5.74) is 1.56. The largest absolute Gasteiger partial charge is 0.369 e. The fourth-order valence-electron chi connectivity index (χ4n) is 2.59.